The van der Waals surface area contributed by atoms with Crippen LogP contribution in [0.15, 0.2) is 4.99 Å². The zero-order valence-corrected chi connectivity index (χ0v) is 16.7. The second-order valence-corrected chi connectivity index (χ2v) is 6.69. The molecule has 0 amide bonds. The van der Waals surface area contributed by atoms with E-state index >= 15 is 0 Å². The molecule has 0 saturated heterocycles. The lowest BCUT2D eigenvalue weighted by Crippen LogP contribution is -2.24. The van der Waals surface area contributed by atoms with Crippen LogP contribution in [0.25, 0.3) is 0 Å². The maximum Gasteiger partial charge on any atom is 0.0500 e. The Balaban J connectivity index is 0.000000891. The Kier molecular flexibility index (Phi) is 9.66. The molecule has 1 aromatic heterocycles. The standard InChI is InChI=1S/C18H29N3.C3H8/c1-5-15-17(6-2)20-13(3)16(12-19-4)18(15)21-14-10-8-7-9-11-14;1-3-2/h12,14H,5-11H2,1-4H3,(H,20,21);3H2,1-2H3. The minimum Gasteiger partial charge on any atom is -0.381 e. The second-order valence-electron chi connectivity index (χ2n) is 6.69. The first-order valence-corrected chi connectivity index (χ1v) is 9.83. The number of pyridine rings is 1. The van der Waals surface area contributed by atoms with Crippen LogP contribution in [0.4, 0.5) is 5.69 Å². The van der Waals surface area contributed by atoms with Crippen molar-refractivity contribution in [2.75, 3.05) is 12.4 Å². The predicted molar refractivity (Wildman–Crippen MR) is 108 cm³/mol. The minimum atomic E-state index is 0.611. The van der Waals surface area contributed by atoms with Crippen molar-refractivity contribution < 1.29 is 0 Å². The van der Waals surface area contributed by atoms with Gasteiger partial charge in [-0.2, -0.15) is 0 Å². The molecule has 0 aliphatic heterocycles. The topological polar surface area (TPSA) is 37.3 Å². The summed E-state index contributed by atoms with van der Waals surface area (Å²) in [7, 11) is 1.84. The number of nitrogens with one attached hydrogen (secondary N) is 1. The van der Waals surface area contributed by atoms with Gasteiger partial charge in [-0.15, -0.1) is 0 Å². The molecule has 1 saturated carbocycles. The van der Waals surface area contributed by atoms with Gasteiger partial charge < -0.3 is 5.32 Å². The quantitative estimate of drug-likeness (QED) is 0.700. The van der Waals surface area contributed by atoms with Crippen LogP contribution in [-0.4, -0.2) is 24.3 Å². The van der Waals surface area contributed by atoms with E-state index in [-0.39, 0.29) is 0 Å². The molecule has 1 aliphatic carbocycles. The molecular weight excluding hydrogens is 294 g/mol. The summed E-state index contributed by atoms with van der Waals surface area (Å²) in [6.45, 7) is 10.8. The van der Waals surface area contributed by atoms with Crippen molar-refractivity contribution in [3.63, 3.8) is 0 Å². The van der Waals surface area contributed by atoms with Crippen molar-refractivity contribution in [1.29, 1.82) is 0 Å². The van der Waals surface area contributed by atoms with Gasteiger partial charge in [-0.25, -0.2) is 0 Å². The largest absolute Gasteiger partial charge is 0.381 e. The van der Waals surface area contributed by atoms with E-state index in [1.54, 1.807) is 0 Å². The van der Waals surface area contributed by atoms with Gasteiger partial charge in [0, 0.05) is 36.3 Å². The van der Waals surface area contributed by atoms with Crippen LogP contribution in [0.1, 0.15) is 88.7 Å². The third-order valence-corrected chi connectivity index (χ3v) is 4.51. The molecule has 0 spiro atoms. The summed E-state index contributed by atoms with van der Waals surface area (Å²) in [5.74, 6) is 0. The van der Waals surface area contributed by atoms with E-state index < -0.39 is 0 Å². The van der Waals surface area contributed by atoms with Gasteiger partial charge >= 0.3 is 0 Å². The Hall–Kier alpha value is -1.38. The highest BCUT2D eigenvalue weighted by molar-refractivity contribution is 5.90. The molecule has 3 heteroatoms. The summed E-state index contributed by atoms with van der Waals surface area (Å²) in [5.41, 5.74) is 6.18. The monoisotopic (exact) mass is 331 g/mol. The normalized spacial score (nSPS) is 15.2. The van der Waals surface area contributed by atoms with Crippen molar-refractivity contribution in [3.8, 4) is 0 Å². The van der Waals surface area contributed by atoms with Gasteiger partial charge in [0.1, 0.15) is 0 Å². The molecule has 1 N–H and O–H groups in total. The van der Waals surface area contributed by atoms with Crippen LogP contribution in [0.3, 0.4) is 0 Å². The smallest absolute Gasteiger partial charge is 0.0500 e. The van der Waals surface area contributed by atoms with Crippen molar-refractivity contribution in [3.05, 3.63) is 22.5 Å². The first-order valence-electron chi connectivity index (χ1n) is 9.83. The average molecular weight is 332 g/mol. The number of rotatable bonds is 5. The van der Waals surface area contributed by atoms with E-state index in [2.05, 4.69) is 44.9 Å². The lowest BCUT2D eigenvalue weighted by atomic mass is 9.93. The molecular formula is C21H37N3. The lowest BCUT2D eigenvalue weighted by molar-refractivity contribution is 0.462. The van der Waals surface area contributed by atoms with Crippen LogP contribution in [0.2, 0.25) is 0 Å². The van der Waals surface area contributed by atoms with Crippen molar-refractivity contribution in [2.24, 2.45) is 4.99 Å². The number of anilines is 1. The van der Waals surface area contributed by atoms with Crippen molar-refractivity contribution >= 4 is 11.9 Å². The van der Waals surface area contributed by atoms with Crippen LogP contribution >= 0.6 is 0 Å². The molecule has 24 heavy (non-hydrogen) atoms. The van der Waals surface area contributed by atoms with Crippen LogP contribution in [-0.2, 0) is 12.8 Å². The fourth-order valence-electron chi connectivity index (χ4n) is 3.39. The first-order chi connectivity index (χ1) is 11.6. The van der Waals surface area contributed by atoms with Gasteiger partial charge in [-0.05, 0) is 38.2 Å². The van der Waals surface area contributed by atoms with Gasteiger partial charge in [0.15, 0.2) is 0 Å². The fourth-order valence-corrected chi connectivity index (χ4v) is 3.39. The fraction of sp³-hybridized carbons (Fsp3) is 0.714. The van der Waals surface area contributed by atoms with Crippen LogP contribution in [0, 0.1) is 6.92 Å². The number of hydrogen-bond donors (Lipinski definition) is 1. The lowest BCUT2D eigenvalue weighted by Gasteiger charge is -2.27. The maximum absolute atomic E-state index is 4.80. The summed E-state index contributed by atoms with van der Waals surface area (Å²) in [6, 6.07) is 0.611. The molecule has 0 bridgehead atoms. The molecule has 136 valence electrons. The Morgan fingerprint density at radius 1 is 1.08 bits per heavy atom. The third kappa shape index (κ3) is 5.61. The van der Waals surface area contributed by atoms with E-state index in [9.17, 15) is 0 Å². The zero-order chi connectivity index (χ0) is 17.9. The molecule has 0 radical (unpaired) electrons. The molecule has 0 aromatic carbocycles. The van der Waals surface area contributed by atoms with E-state index in [1.165, 1.54) is 61.0 Å². The molecule has 2 rings (SSSR count). The van der Waals surface area contributed by atoms with Gasteiger partial charge in [0.05, 0.1) is 5.69 Å². The first kappa shape index (κ1) is 20.7. The van der Waals surface area contributed by atoms with Crippen LogP contribution in [0.5, 0.6) is 0 Å². The van der Waals surface area contributed by atoms with Gasteiger partial charge in [-0.1, -0.05) is 53.4 Å². The predicted octanol–water partition coefficient (Wildman–Crippen LogP) is 5.72. The average Bonchev–Trinajstić information content (AvgIpc) is 2.59. The molecule has 0 unspecified atom stereocenters. The summed E-state index contributed by atoms with van der Waals surface area (Å²) in [5, 5.41) is 3.84. The number of nitrogens with zero attached hydrogens (tertiary/aromatic N) is 2. The molecule has 1 aliphatic rings. The molecule has 1 heterocycles. The third-order valence-electron chi connectivity index (χ3n) is 4.51. The Morgan fingerprint density at radius 3 is 2.21 bits per heavy atom. The highest BCUT2D eigenvalue weighted by Crippen LogP contribution is 2.29. The van der Waals surface area contributed by atoms with Gasteiger partial charge in [-0.3, -0.25) is 9.98 Å². The zero-order valence-electron chi connectivity index (χ0n) is 16.7. The maximum atomic E-state index is 4.80. The molecule has 1 aromatic rings. The Morgan fingerprint density at radius 2 is 1.71 bits per heavy atom. The van der Waals surface area contributed by atoms with E-state index in [1.807, 2.05) is 13.3 Å². The SMILES string of the molecule is CCC.CCc1nc(C)c(C=NC)c(NC2CCCCC2)c1CC. The number of aryl methyl sites for hydroxylation is 2. The number of aromatic nitrogens is 1. The van der Waals surface area contributed by atoms with Crippen molar-refractivity contribution in [2.45, 2.75) is 92.0 Å². The Labute approximate surface area is 149 Å². The highest BCUT2D eigenvalue weighted by atomic mass is 14.9. The highest BCUT2D eigenvalue weighted by Gasteiger charge is 2.19. The minimum absolute atomic E-state index is 0.611. The van der Waals surface area contributed by atoms with E-state index in [0.717, 1.165) is 18.5 Å². The van der Waals surface area contributed by atoms with Crippen molar-refractivity contribution in [1.82, 2.24) is 4.98 Å². The second kappa shape index (κ2) is 11.2. The van der Waals surface area contributed by atoms with E-state index in [4.69, 9.17) is 4.98 Å². The number of aliphatic imine (C=N–C) groups is 1. The Bertz CT molecular complexity index is 514. The van der Waals surface area contributed by atoms with E-state index in [0.29, 0.717) is 6.04 Å². The molecule has 0 atom stereocenters. The molecule has 3 nitrogen and oxygen atoms in total. The van der Waals surface area contributed by atoms with Crippen LogP contribution < -0.4 is 5.32 Å². The summed E-state index contributed by atoms with van der Waals surface area (Å²) < 4.78 is 0. The van der Waals surface area contributed by atoms with Gasteiger partial charge in [0.2, 0.25) is 0 Å². The summed E-state index contributed by atoms with van der Waals surface area (Å²) >= 11 is 0. The summed E-state index contributed by atoms with van der Waals surface area (Å²) in [6.07, 6.45) is 11.9. The summed E-state index contributed by atoms with van der Waals surface area (Å²) in [4.78, 5) is 9.05. The molecule has 1 fully saturated rings. The number of hydrogen-bond acceptors (Lipinski definition) is 3. The van der Waals surface area contributed by atoms with Gasteiger partial charge in [0.25, 0.3) is 0 Å².